The van der Waals surface area contributed by atoms with Gasteiger partial charge < -0.3 is 24.1 Å². The zero-order valence-electron chi connectivity index (χ0n) is 23.7. The highest BCUT2D eigenvalue weighted by Crippen LogP contribution is 2.35. The van der Waals surface area contributed by atoms with Crippen molar-refractivity contribution in [1.29, 1.82) is 0 Å². The van der Waals surface area contributed by atoms with Crippen LogP contribution in [0, 0.1) is 31.3 Å². The number of pyridine rings is 3. The molecule has 0 spiro atoms. The molecule has 0 fully saturated rings. The molecule has 0 unspecified atom stereocenters. The molecule has 0 radical (unpaired) electrons. The van der Waals surface area contributed by atoms with E-state index in [1.165, 1.54) is 44.7 Å². The van der Waals surface area contributed by atoms with E-state index in [0.717, 1.165) is 18.2 Å². The number of carbonyl (C=O) groups is 1. The second-order valence-electron chi connectivity index (χ2n) is 9.52. The van der Waals surface area contributed by atoms with E-state index in [9.17, 15) is 18.4 Å². The third-order valence-electron chi connectivity index (χ3n) is 7.05. The SMILES string of the molecule is COc1cc2nccc(Oc3ccc(NC(=O)c4c(C)n(C)c(C)c(-c5ccc(F)c(F)c5)c4=O)cc3F)c2nc1OC. The first-order valence-electron chi connectivity index (χ1n) is 12.9. The molecular formula is C31H25F3N4O5. The maximum atomic E-state index is 15.2. The molecule has 1 amide bonds. The van der Waals surface area contributed by atoms with E-state index in [1.54, 1.807) is 31.5 Å². The molecule has 0 saturated carbocycles. The fraction of sp³-hybridized carbons (Fsp3) is 0.161. The Morgan fingerprint density at radius 1 is 0.860 bits per heavy atom. The predicted octanol–water partition coefficient (Wildman–Crippen LogP) is 6.09. The summed E-state index contributed by atoms with van der Waals surface area (Å²) in [5, 5.41) is 2.54. The number of halogens is 3. The highest BCUT2D eigenvalue weighted by Gasteiger charge is 2.23. The van der Waals surface area contributed by atoms with Gasteiger partial charge in [-0.2, -0.15) is 0 Å². The molecule has 1 N–H and O–H groups in total. The summed E-state index contributed by atoms with van der Waals surface area (Å²) < 4.78 is 60.6. The summed E-state index contributed by atoms with van der Waals surface area (Å²) in [6, 6.07) is 9.95. The van der Waals surface area contributed by atoms with E-state index >= 15 is 4.39 Å². The van der Waals surface area contributed by atoms with Gasteiger partial charge in [-0.3, -0.25) is 14.6 Å². The van der Waals surface area contributed by atoms with Crippen molar-refractivity contribution < 1.29 is 32.2 Å². The maximum Gasteiger partial charge on any atom is 0.261 e. The predicted molar refractivity (Wildman–Crippen MR) is 154 cm³/mol. The molecule has 2 aromatic carbocycles. The third-order valence-corrected chi connectivity index (χ3v) is 7.05. The van der Waals surface area contributed by atoms with E-state index in [4.69, 9.17) is 14.2 Å². The number of fused-ring (bicyclic) bond motifs is 1. The Bertz CT molecular complexity index is 1980. The van der Waals surface area contributed by atoms with Gasteiger partial charge in [0.05, 0.1) is 19.7 Å². The van der Waals surface area contributed by atoms with E-state index in [-0.39, 0.29) is 39.8 Å². The molecule has 43 heavy (non-hydrogen) atoms. The summed E-state index contributed by atoms with van der Waals surface area (Å²) in [6.45, 7) is 3.21. The smallest absolute Gasteiger partial charge is 0.261 e. The van der Waals surface area contributed by atoms with Crippen LogP contribution in [0.2, 0.25) is 0 Å². The second kappa shape index (κ2) is 11.5. The fourth-order valence-electron chi connectivity index (χ4n) is 4.66. The molecule has 0 aliphatic rings. The number of nitrogens with one attached hydrogen (secondary N) is 1. The summed E-state index contributed by atoms with van der Waals surface area (Å²) in [6.07, 6.45) is 1.47. The molecule has 9 nitrogen and oxygen atoms in total. The quantitative estimate of drug-likeness (QED) is 0.245. The Morgan fingerprint density at radius 2 is 1.63 bits per heavy atom. The molecular weight excluding hydrogens is 565 g/mol. The van der Waals surface area contributed by atoms with Gasteiger partial charge in [0.2, 0.25) is 5.43 Å². The standard InChI is InChI=1S/C31H25F3N4O5/c1-15-26(17-6-8-19(32)20(33)12-17)29(39)27(16(2)38(15)3)30(40)36-18-7-9-23(21(34)13-18)43-24-10-11-35-22-14-25(41-4)31(42-5)37-28(22)24/h6-14H,1-5H3,(H,36,40). The summed E-state index contributed by atoms with van der Waals surface area (Å²) in [5.41, 5.74) is 0.815. The zero-order valence-corrected chi connectivity index (χ0v) is 23.7. The third kappa shape index (κ3) is 5.34. The van der Waals surface area contributed by atoms with Crippen LogP contribution in [0.4, 0.5) is 18.9 Å². The number of aromatic nitrogens is 3. The van der Waals surface area contributed by atoms with Gasteiger partial charge in [0.25, 0.3) is 11.8 Å². The van der Waals surface area contributed by atoms with Crippen molar-refractivity contribution in [3.8, 4) is 34.3 Å². The van der Waals surface area contributed by atoms with Gasteiger partial charge in [-0.15, -0.1) is 0 Å². The Morgan fingerprint density at radius 3 is 2.30 bits per heavy atom. The van der Waals surface area contributed by atoms with Crippen molar-refractivity contribution in [3.63, 3.8) is 0 Å². The van der Waals surface area contributed by atoms with E-state index in [2.05, 4.69) is 15.3 Å². The lowest BCUT2D eigenvalue weighted by Crippen LogP contribution is -2.28. The molecule has 3 aromatic heterocycles. The van der Waals surface area contributed by atoms with Crippen LogP contribution in [-0.2, 0) is 7.05 Å². The monoisotopic (exact) mass is 590 g/mol. The topological polar surface area (TPSA) is 105 Å². The molecule has 5 aromatic rings. The number of benzene rings is 2. The van der Waals surface area contributed by atoms with Gasteiger partial charge in [0.1, 0.15) is 11.1 Å². The lowest BCUT2D eigenvalue weighted by Gasteiger charge is -2.18. The first-order chi connectivity index (χ1) is 20.5. The van der Waals surface area contributed by atoms with Crippen molar-refractivity contribution in [3.05, 3.63) is 99.4 Å². The van der Waals surface area contributed by atoms with Crippen LogP contribution in [0.1, 0.15) is 21.7 Å². The molecule has 0 bridgehead atoms. The largest absolute Gasteiger partial charge is 0.491 e. The lowest BCUT2D eigenvalue weighted by atomic mass is 9.98. The van der Waals surface area contributed by atoms with Crippen LogP contribution in [0.15, 0.2) is 59.5 Å². The highest BCUT2D eigenvalue weighted by atomic mass is 19.2. The normalized spacial score (nSPS) is 11.0. The highest BCUT2D eigenvalue weighted by molar-refractivity contribution is 6.05. The molecule has 5 rings (SSSR count). The van der Waals surface area contributed by atoms with Crippen LogP contribution in [0.25, 0.3) is 22.2 Å². The van der Waals surface area contributed by atoms with Crippen molar-refractivity contribution in [2.24, 2.45) is 7.05 Å². The van der Waals surface area contributed by atoms with Gasteiger partial charge in [-0.25, -0.2) is 18.2 Å². The minimum Gasteiger partial charge on any atom is -0.491 e. The van der Waals surface area contributed by atoms with Crippen LogP contribution < -0.4 is 25.0 Å². The van der Waals surface area contributed by atoms with Crippen LogP contribution >= 0.6 is 0 Å². The number of carbonyl (C=O) groups excluding carboxylic acids is 1. The number of hydrogen-bond acceptors (Lipinski definition) is 7. The maximum absolute atomic E-state index is 15.2. The fourth-order valence-corrected chi connectivity index (χ4v) is 4.66. The Balaban J connectivity index is 1.45. The van der Waals surface area contributed by atoms with E-state index < -0.39 is 28.8 Å². The average Bonchev–Trinajstić information content (AvgIpc) is 2.98. The van der Waals surface area contributed by atoms with Gasteiger partial charge in [-0.05, 0) is 43.7 Å². The van der Waals surface area contributed by atoms with Crippen LogP contribution in [0.5, 0.6) is 23.1 Å². The minimum absolute atomic E-state index is 0.0412. The van der Waals surface area contributed by atoms with Crippen molar-refractivity contribution >= 4 is 22.6 Å². The summed E-state index contributed by atoms with van der Waals surface area (Å²) in [5.74, 6) is -3.21. The van der Waals surface area contributed by atoms with Crippen LogP contribution in [0.3, 0.4) is 0 Å². The molecule has 0 aliphatic carbocycles. The lowest BCUT2D eigenvalue weighted by molar-refractivity contribution is 0.102. The minimum atomic E-state index is -1.13. The molecule has 0 aliphatic heterocycles. The van der Waals surface area contributed by atoms with Crippen molar-refractivity contribution in [1.82, 2.24) is 14.5 Å². The second-order valence-corrected chi connectivity index (χ2v) is 9.52. The number of methoxy groups -OCH3 is 2. The van der Waals surface area contributed by atoms with Crippen molar-refractivity contribution in [2.75, 3.05) is 19.5 Å². The molecule has 0 saturated heterocycles. The number of hydrogen-bond donors (Lipinski definition) is 1. The number of amides is 1. The number of nitrogens with zero attached hydrogens (tertiary/aromatic N) is 3. The molecule has 12 heteroatoms. The van der Waals surface area contributed by atoms with Crippen LogP contribution in [-0.4, -0.2) is 34.7 Å². The van der Waals surface area contributed by atoms with E-state index in [0.29, 0.717) is 28.2 Å². The Labute approximate surface area is 243 Å². The van der Waals surface area contributed by atoms with Gasteiger partial charge in [0.15, 0.2) is 34.7 Å². The van der Waals surface area contributed by atoms with E-state index in [1.807, 2.05) is 0 Å². The Hall–Kier alpha value is -5.39. The Kier molecular flexibility index (Phi) is 7.77. The number of rotatable bonds is 7. The number of ether oxygens (including phenoxy) is 3. The summed E-state index contributed by atoms with van der Waals surface area (Å²) in [7, 11) is 4.53. The van der Waals surface area contributed by atoms with Gasteiger partial charge in [0, 0.05) is 54.1 Å². The van der Waals surface area contributed by atoms with Crippen molar-refractivity contribution in [2.45, 2.75) is 13.8 Å². The molecule has 0 atom stereocenters. The first kappa shape index (κ1) is 29.1. The van der Waals surface area contributed by atoms with Gasteiger partial charge in [-0.1, -0.05) is 6.07 Å². The molecule has 220 valence electrons. The summed E-state index contributed by atoms with van der Waals surface area (Å²) >= 11 is 0. The molecule has 3 heterocycles. The van der Waals surface area contributed by atoms with Gasteiger partial charge >= 0.3 is 0 Å². The summed E-state index contributed by atoms with van der Waals surface area (Å²) in [4.78, 5) is 35.4. The zero-order chi connectivity index (χ0) is 31.0. The number of anilines is 1. The average molecular weight is 591 g/mol. The first-order valence-corrected chi connectivity index (χ1v) is 12.9.